The van der Waals surface area contributed by atoms with Crippen LogP contribution in [-0.4, -0.2) is 45.9 Å². The third-order valence-corrected chi connectivity index (χ3v) is 7.77. The van der Waals surface area contributed by atoms with Crippen molar-refractivity contribution in [3.63, 3.8) is 0 Å². The van der Waals surface area contributed by atoms with Gasteiger partial charge in [0, 0.05) is 40.9 Å². The fourth-order valence-electron chi connectivity index (χ4n) is 4.87. The minimum atomic E-state index is -0.463. The molecule has 11 heteroatoms. The Morgan fingerprint density at radius 2 is 2.10 bits per heavy atom. The van der Waals surface area contributed by atoms with Crippen molar-refractivity contribution in [2.45, 2.75) is 32.0 Å². The molecular formula is C30H26F2N6O2S. The van der Waals surface area contributed by atoms with Crippen molar-refractivity contribution in [2.24, 2.45) is 0 Å². The summed E-state index contributed by atoms with van der Waals surface area (Å²) < 4.78 is 34.6. The van der Waals surface area contributed by atoms with Crippen molar-refractivity contribution in [1.82, 2.24) is 25.2 Å². The van der Waals surface area contributed by atoms with Gasteiger partial charge in [0.05, 0.1) is 29.5 Å². The summed E-state index contributed by atoms with van der Waals surface area (Å²) in [6.45, 7) is 2.97. The van der Waals surface area contributed by atoms with Crippen molar-refractivity contribution in [1.29, 1.82) is 0 Å². The van der Waals surface area contributed by atoms with Crippen LogP contribution in [0.5, 0.6) is 0 Å². The number of nitrogens with zero attached hydrogens (tertiary/aromatic N) is 3. The van der Waals surface area contributed by atoms with Crippen LogP contribution in [-0.2, 0) is 11.3 Å². The number of nitrogens with one attached hydrogen (secondary N) is 3. The van der Waals surface area contributed by atoms with Gasteiger partial charge in [-0.2, -0.15) is 0 Å². The van der Waals surface area contributed by atoms with E-state index in [1.807, 2.05) is 41.1 Å². The van der Waals surface area contributed by atoms with Crippen LogP contribution in [0.25, 0.3) is 21.1 Å². The fraction of sp³-hybridized carbons (Fsp3) is 0.233. The summed E-state index contributed by atoms with van der Waals surface area (Å²) in [6.07, 6.45) is 3.67. The minimum Gasteiger partial charge on any atom is -0.450 e. The van der Waals surface area contributed by atoms with E-state index in [1.165, 1.54) is 23.7 Å². The lowest BCUT2D eigenvalue weighted by Crippen LogP contribution is -2.36. The molecular weight excluding hydrogens is 546 g/mol. The summed E-state index contributed by atoms with van der Waals surface area (Å²) in [5.74, 6) is 6.25. The Kier molecular flexibility index (Phi) is 7.50. The van der Waals surface area contributed by atoms with Crippen LogP contribution in [0, 0.1) is 23.5 Å². The van der Waals surface area contributed by atoms with Crippen LogP contribution in [0.3, 0.4) is 0 Å². The molecule has 1 aliphatic rings. The van der Waals surface area contributed by atoms with Crippen LogP contribution in [0.4, 0.5) is 25.1 Å². The minimum absolute atomic E-state index is 0.0193. The van der Waals surface area contributed by atoms with Gasteiger partial charge >= 0.3 is 6.09 Å². The summed E-state index contributed by atoms with van der Waals surface area (Å²) in [6, 6.07) is 13.2. The van der Waals surface area contributed by atoms with Gasteiger partial charge < -0.3 is 25.3 Å². The normalized spacial score (nSPS) is 16.5. The Morgan fingerprint density at radius 3 is 2.98 bits per heavy atom. The number of halogens is 2. The quantitative estimate of drug-likeness (QED) is 0.231. The first-order chi connectivity index (χ1) is 19.9. The Balaban J connectivity index is 1.16. The van der Waals surface area contributed by atoms with E-state index in [0.717, 1.165) is 43.8 Å². The average molecular weight is 573 g/mol. The number of carbonyl (C=O) groups excluding carboxylic acids is 1. The number of hydrogen-bond donors (Lipinski definition) is 3. The maximum atomic E-state index is 14.2. The van der Waals surface area contributed by atoms with E-state index in [2.05, 4.69) is 37.8 Å². The van der Waals surface area contributed by atoms with Crippen LogP contribution in [0.2, 0.25) is 0 Å². The summed E-state index contributed by atoms with van der Waals surface area (Å²) in [5, 5.41) is 11.4. The molecule has 1 aliphatic heterocycles. The van der Waals surface area contributed by atoms with Crippen LogP contribution >= 0.6 is 11.3 Å². The van der Waals surface area contributed by atoms with Crippen molar-refractivity contribution < 1.29 is 18.3 Å². The maximum Gasteiger partial charge on any atom is 0.407 e. The van der Waals surface area contributed by atoms with Gasteiger partial charge in [-0.05, 0) is 61.9 Å². The van der Waals surface area contributed by atoms with Gasteiger partial charge in [-0.3, -0.25) is 0 Å². The standard InChI is InChI=1S/C30H26F2N6O2S/c1-2-40-30(39)37-23-13-21(33-15-23)4-6-24-14-25-28(34-17-35-29(25)41-24)36-22-5-8-27-18(12-22)9-10-38(27)16-19-11-20(31)3-7-26(19)32/h3,5,7-12,14,17,21,23,33H,2,13,15-16H2,1H3,(H,37,39)(H,34,35,36)/t21-,23-/m1/s1. The summed E-state index contributed by atoms with van der Waals surface area (Å²) in [4.78, 5) is 22.2. The molecule has 5 aromatic rings. The van der Waals surface area contributed by atoms with Crippen LogP contribution < -0.4 is 16.0 Å². The monoisotopic (exact) mass is 572 g/mol. The molecule has 0 spiro atoms. The zero-order chi connectivity index (χ0) is 28.3. The lowest BCUT2D eigenvalue weighted by atomic mass is 10.2. The van der Waals surface area contributed by atoms with Gasteiger partial charge in [-0.15, -0.1) is 11.3 Å². The van der Waals surface area contributed by atoms with Crippen molar-refractivity contribution in [3.8, 4) is 11.8 Å². The maximum absolute atomic E-state index is 14.2. The fourth-order valence-corrected chi connectivity index (χ4v) is 5.73. The van der Waals surface area contributed by atoms with Crippen molar-refractivity contribution in [2.75, 3.05) is 18.5 Å². The van der Waals surface area contributed by atoms with Crippen molar-refractivity contribution in [3.05, 3.63) is 83.1 Å². The number of carbonyl (C=O) groups is 1. The molecule has 1 saturated heterocycles. The van der Waals surface area contributed by atoms with E-state index in [9.17, 15) is 13.6 Å². The molecule has 208 valence electrons. The number of rotatable bonds is 6. The van der Waals surface area contributed by atoms with E-state index in [-0.39, 0.29) is 18.6 Å². The van der Waals surface area contributed by atoms with E-state index in [4.69, 9.17) is 4.74 Å². The molecule has 0 saturated carbocycles. The van der Waals surface area contributed by atoms with E-state index in [1.54, 1.807) is 6.92 Å². The third-order valence-electron chi connectivity index (χ3n) is 6.81. The first-order valence-electron chi connectivity index (χ1n) is 13.2. The highest BCUT2D eigenvalue weighted by atomic mass is 32.1. The Morgan fingerprint density at radius 1 is 1.20 bits per heavy atom. The van der Waals surface area contributed by atoms with E-state index < -0.39 is 17.7 Å². The molecule has 0 aliphatic carbocycles. The van der Waals surface area contributed by atoms with E-state index in [0.29, 0.717) is 31.0 Å². The van der Waals surface area contributed by atoms with Crippen LogP contribution in [0.1, 0.15) is 23.8 Å². The number of aromatic nitrogens is 3. The smallest absolute Gasteiger partial charge is 0.407 e. The molecule has 3 aromatic heterocycles. The largest absolute Gasteiger partial charge is 0.450 e. The number of alkyl carbamates (subject to hydrolysis) is 1. The number of hydrogen-bond acceptors (Lipinski definition) is 7. The topological polar surface area (TPSA) is 93.1 Å². The Labute approximate surface area is 238 Å². The number of thiophene rings is 1. The predicted octanol–water partition coefficient (Wildman–Crippen LogP) is 5.54. The number of fused-ring (bicyclic) bond motifs is 2. The number of anilines is 2. The molecule has 41 heavy (non-hydrogen) atoms. The van der Waals surface area contributed by atoms with E-state index >= 15 is 0 Å². The van der Waals surface area contributed by atoms with Gasteiger partial charge in [-0.1, -0.05) is 11.8 Å². The number of benzene rings is 2. The molecule has 0 unspecified atom stereocenters. The third kappa shape index (κ3) is 5.99. The first-order valence-corrected chi connectivity index (χ1v) is 14.0. The first kappa shape index (κ1) is 26.7. The summed E-state index contributed by atoms with van der Waals surface area (Å²) in [5.41, 5.74) is 2.03. The Bertz CT molecular complexity index is 1810. The second-order valence-corrected chi connectivity index (χ2v) is 10.7. The zero-order valence-electron chi connectivity index (χ0n) is 22.1. The number of amides is 1. The lowest BCUT2D eigenvalue weighted by Gasteiger charge is -2.10. The molecule has 0 radical (unpaired) electrons. The highest BCUT2D eigenvalue weighted by Gasteiger charge is 2.24. The molecule has 1 amide bonds. The van der Waals surface area contributed by atoms with Gasteiger partial charge in [0.15, 0.2) is 0 Å². The highest BCUT2D eigenvalue weighted by molar-refractivity contribution is 7.19. The highest BCUT2D eigenvalue weighted by Crippen LogP contribution is 2.31. The molecule has 6 rings (SSSR count). The van der Waals surface area contributed by atoms with Gasteiger partial charge in [0.1, 0.15) is 28.6 Å². The molecule has 1 fully saturated rings. The van der Waals surface area contributed by atoms with Gasteiger partial charge in [0.25, 0.3) is 0 Å². The molecule has 4 heterocycles. The summed E-state index contributed by atoms with van der Waals surface area (Å²) in [7, 11) is 0. The molecule has 2 aromatic carbocycles. The van der Waals surface area contributed by atoms with Gasteiger partial charge in [0.2, 0.25) is 0 Å². The van der Waals surface area contributed by atoms with Crippen LogP contribution in [0.15, 0.2) is 61.1 Å². The lowest BCUT2D eigenvalue weighted by molar-refractivity contribution is 0.148. The second kappa shape index (κ2) is 11.5. The summed E-state index contributed by atoms with van der Waals surface area (Å²) >= 11 is 1.49. The number of ether oxygens (including phenoxy) is 1. The SMILES string of the molecule is CCOC(=O)N[C@H]1CN[C@H](C#Cc2cc3c(Nc4ccc5c(ccn5Cc5cc(F)ccc5F)c4)ncnc3s2)C1. The Hall–Kier alpha value is -4.53. The average Bonchev–Trinajstić information content (AvgIpc) is 3.68. The molecule has 0 bridgehead atoms. The van der Waals surface area contributed by atoms with Crippen molar-refractivity contribution >= 4 is 50.1 Å². The molecule has 3 N–H and O–H groups in total. The van der Waals surface area contributed by atoms with Gasteiger partial charge in [-0.25, -0.2) is 23.5 Å². The molecule has 2 atom stereocenters. The predicted molar refractivity (Wildman–Crippen MR) is 155 cm³/mol. The second-order valence-electron chi connectivity index (χ2n) is 9.66. The zero-order valence-corrected chi connectivity index (χ0v) is 22.9. The molecule has 8 nitrogen and oxygen atoms in total.